The number of hydrogen-bond donors (Lipinski definition) is 1. The van der Waals surface area contributed by atoms with Crippen molar-refractivity contribution in [2.24, 2.45) is 10.7 Å². The standard InChI is InChI=1S/C51H40N2O2/c1-51(2)42-17-9-8-15-41(42)47-43(51)28-30-46-49(47)55-45-18-10-16-40(48(45)54-46)34-20-23-35(24-21-34)50(52)53-44(29-19-32-11-4-3-5-12-32)37-26-27-39-36(31-37)25-22-33-13-6-7-14-38(33)39/h3-7,9-14,16-18,20-31H,8,15,19H2,1-2H3,(H2,52,53)/b44-29-. The Morgan fingerprint density at radius 3 is 2.33 bits per heavy atom. The van der Waals surface area contributed by atoms with Crippen molar-refractivity contribution in [3.8, 4) is 34.1 Å². The molecule has 3 aliphatic rings. The number of benzene rings is 7. The summed E-state index contributed by atoms with van der Waals surface area (Å²) < 4.78 is 13.5. The lowest BCUT2D eigenvalue weighted by atomic mass is 9.80. The van der Waals surface area contributed by atoms with Crippen molar-refractivity contribution in [1.82, 2.24) is 0 Å². The van der Waals surface area contributed by atoms with Crippen LogP contribution in [0.1, 0.15) is 54.5 Å². The molecule has 1 heterocycles. The van der Waals surface area contributed by atoms with Crippen molar-refractivity contribution in [3.63, 3.8) is 0 Å². The second-order valence-electron chi connectivity index (χ2n) is 15.2. The number of fused-ring (bicyclic) bond motifs is 8. The van der Waals surface area contributed by atoms with Gasteiger partial charge in [0.2, 0.25) is 0 Å². The molecule has 0 fully saturated rings. The molecule has 0 saturated heterocycles. The zero-order valence-corrected chi connectivity index (χ0v) is 31.0. The summed E-state index contributed by atoms with van der Waals surface area (Å²) in [5, 5.41) is 4.86. The largest absolute Gasteiger partial charge is 0.449 e. The molecule has 1 aliphatic heterocycles. The summed E-state index contributed by atoms with van der Waals surface area (Å²) in [7, 11) is 0. The molecule has 266 valence electrons. The second kappa shape index (κ2) is 13.0. The molecule has 0 saturated carbocycles. The lowest BCUT2D eigenvalue weighted by Crippen LogP contribution is -2.16. The summed E-state index contributed by atoms with van der Waals surface area (Å²) in [6.45, 7) is 4.61. The molecule has 0 radical (unpaired) electrons. The molecule has 0 spiro atoms. The van der Waals surface area contributed by atoms with E-state index in [1.807, 2.05) is 30.3 Å². The van der Waals surface area contributed by atoms with E-state index < -0.39 is 0 Å². The van der Waals surface area contributed by atoms with Gasteiger partial charge in [-0.3, -0.25) is 0 Å². The van der Waals surface area contributed by atoms with E-state index in [2.05, 4.69) is 141 Å². The fourth-order valence-corrected chi connectivity index (χ4v) is 8.61. The molecule has 0 unspecified atom stereocenters. The van der Waals surface area contributed by atoms with Crippen LogP contribution in [0.4, 0.5) is 0 Å². The molecule has 4 nitrogen and oxygen atoms in total. The van der Waals surface area contributed by atoms with Crippen molar-refractivity contribution >= 4 is 38.7 Å². The van der Waals surface area contributed by atoms with Crippen LogP contribution in [0.25, 0.3) is 43.9 Å². The summed E-state index contributed by atoms with van der Waals surface area (Å²) >= 11 is 0. The van der Waals surface area contributed by atoms with Gasteiger partial charge in [0.05, 0.1) is 5.70 Å². The summed E-state index contributed by atoms with van der Waals surface area (Å²) in [5.74, 6) is 3.47. The number of aliphatic imine (C=N–C) groups is 1. The number of para-hydroxylation sites is 1. The summed E-state index contributed by atoms with van der Waals surface area (Å²) in [4.78, 5) is 5.07. The van der Waals surface area contributed by atoms with Gasteiger partial charge in [0.25, 0.3) is 0 Å². The van der Waals surface area contributed by atoms with E-state index in [-0.39, 0.29) is 5.41 Å². The van der Waals surface area contributed by atoms with E-state index in [1.54, 1.807) is 0 Å². The van der Waals surface area contributed by atoms with Gasteiger partial charge in [-0.1, -0.05) is 153 Å². The van der Waals surface area contributed by atoms with Crippen LogP contribution in [-0.4, -0.2) is 5.84 Å². The van der Waals surface area contributed by atoms with Gasteiger partial charge in [-0.05, 0) is 86.8 Å². The molecule has 2 N–H and O–H groups in total. The Balaban J connectivity index is 0.969. The first-order valence-electron chi connectivity index (χ1n) is 19.1. The quantitative estimate of drug-likeness (QED) is 0.106. The first-order chi connectivity index (χ1) is 26.9. The highest BCUT2D eigenvalue weighted by molar-refractivity contribution is 6.08. The maximum atomic E-state index is 6.81. The average Bonchev–Trinajstić information content (AvgIpc) is 3.47. The van der Waals surface area contributed by atoms with Crippen LogP contribution in [0.15, 0.2) is 168 Å². The minimum atomic E-state index is -0.0712. The van der Waals surface area contributed by atoms with Crippen LogP contribution in [0.2, 0.25) is 0 Å². The van der Waals surface area contributed by atoms with E-state index in [1.165, 1.54) is 49.4 Å². The molecular formula is C51H40N2O2. The summed E-state index contributed by atoms with van der Waals surface area (Å²) in [5.41, 5.74) is 17.9. The molecule has 55 heavy (non-hydrogen) atoms. The van der Waals surface area contributed by atoms with Crippen LogP contribution in [0.5, 0.6) is 23.0 Å². The van der Waals surface area contributed by atoms with Crippen LogP contribution >= 0.6 is 0 Å². The number of rotatable bonds is 6. The number of nitrogens with zero attached hydrogens (tertiary/aromatic N) is 1. The van der Waals surface area contributed by atoms with E-state index in [9.17, 15) is 0 Å². The zero-order valence-electron chi connectivity index (χ0n) is 31.0. The molecule has 0 amide bonds. The van der Waals surface area contributed by atoms with Gasteiger partial charge >= 0.3 is 0 Å². The third-order valence-electron chi connectivity index (χ3n) is 11.5. The molecular weight excluding hydrogens is 673 g/mol. The number of nitrogens with two attached hydrogens (primary N) is 1. The highest BCUT2D eigenvalue weighted by Crippen LogP contribution is 2.59. The Labute approximate surface area is 321 Å². The number of amidine groups is 1. The third-order valence-corrected chi connectivity index (χ3v) is 11.5. The number of hydrogen-bond acceptors (Lipinski definition) is 3. The molecule has 7 aromatic carbocycles. The first-order valence-corrected chi connectivity index (χ1v) is 19.1. The summed E-state index contributed by atoms with van der Waals surface area (Å²) in [6.07, 6.45) is 9.55. The highest BCUT2D eigenvalue weighted by Gasteiger charge is 2.41. The monoisotopic (exact) mass is 712 g/mol. The van der Waals surface area contributed by atoms with Gasteiger partial charge in [-0.25, -0.2) is 4.99 Å². The van der Waals surface area contributed by atoms with E-state index in [0.29, 0.717) is 5.84 Å². The fraction of sp³-hybridized carbons (Fsp3) is 0.118. The van der Waals surface area contributed by atoms with Crippen molar-refractivity contribution in [1.29, 1.82) is 0 Å². The average molecular weight is 713 g/mol. The Hall–Kier alpha value is -6.65. The lowest BCUT2D eigenvalue weighted by molar-refractivity contribution is 0.359. The topological polar surface area (TPSA) is 56.8 Å². The molecule has 0 atom stereocenters. The SMILES string of the molecule is CC1(C)C2=C(CCC=C2)c2c1ccc1c2Oc2cccc(-c3ccc(C(N)=N/C(=C\Cc4ccccc4)c4ccc5c(ccc6ccccc65)c4)cc3)c2O1. The Morgan fingerprint density at radius 2 is 1.45 bits per heavy atom. The molecule has 0 aromatic heterocycles. The summed E-state index contributed by atoms with van der Waals surface area (Å²) in [6, 6.07) is 48.5. The Morgan fingerprint density at radius 1 is 0.709 bits per heavy atom. The lowest BCUT2D eigenvalue weighted by Gasteiger charge is -2.27. The zero-order chi connectivity index (χ0) is 37.1. The Bertz CT molecular complexity index is 2800. The molecule has 2 aliphatic carbocycles. The molecule has 10 rings (SSSR count). The smallest absolute Gasteiger partial charge is 0.177 e. The van der Waals surface area contributed by atoms with E-state index >= 15 is 0 Å². The van der Waals surface area contributed by atoms with Gasteiger partial charge in [0.1, 0.15) is 5.84 Å². The molecule has 4 heteroatoms. The maximum absolute atomic E-state index is 6.81. The predicted octanol–water partition coefficient (Wildman–Crippen LogP) is 12.9. The van der Waals surface area contributed by atoms with Gasteiger partial charge in [0.15, 0.2) is 23.0 Å². The first kappa shape index (κ1) is 33.0. The number of allylic oxidation sites excluding steroid dienone is 5. The maximum Gasteiger partial charge on any atom is 0.177 e. The van der Waals surface area contributed by atoms with Crippen LogP contribution < -0.4 is 15.2 Å². The van der Waals surface area contributed by atoms with Gasteiger partial charge in [-0.15, -0.1) is 0 Å². The second-order valence-corrected chi connectivity index (χ2v) is 15.2. The third kappa shape index (κ3) is 5.64. The predicted molar refractivity (Wildman–Crippen MR) is 227 cm³/mol. The van der Waals surface area contributed by atoms with E-state index in [0.717, 1.165) is 70.2 Å². The highest BCUT2D eigenvalue weighted by atomic mass is 16.6. The van der Waals surface area contributed by atoms with Gasteiger partial charge in [0, 0.05) is 27.7 Å². The van der Waals surface area contributed by atoms with Crippen LogP contribution in [-0.2, 0) is 11.8 Å². The minimum absolute atomic E-state index is 0.0712. The van der Waals surface area contributed by atoms with Crippen molar-refractivity contribution in [2.45, 2.75) is 38.5 Å². The van der Waals surface area contributed by atoms with Crippen LogP contribution in [0.3, 0.4) is 0 Å². The number of ether oxygens (including phenoxy) is 2. The minimum Gasteiger partial charge on any atom is -0.449 e. The Kier molecular flexibility index (Phi) is 7.81. The van der Waals surface area contributed by atoms with Crippen LogP contribution in [0, 0.1) is 0 Å². The fourth-order valence-electron chi connectivity index (χ4n) is 8.61. The van der Waals surface area contributed by atoms with Crippen molar-refractivity contribution < 1.29 is 9.47 Å². The molecule has 0 bridgehead atoms. The van der Waals surface area contributed by atoms with Gasteiger partial charge in [-0.2, -0.15) is 0 Å². The van der Waals surface area contributed by atoms with E-state index in [4.69, 9.17) is 20.2 Å². The van der Waals surface area contributed by atoms with Crippen molar-refractivity contribution in [3.05, 3.63) is 191 Å². The van der Waals surface area contributed by atoms with Crippen molar-refractivity contribution in [2.75, 3.05) is 0 Å². The van der Waals surface area contributed by atoms with Gasteiger partial charge < -0.3 is 15.2 Å². The normalized spacial score (nSPS) is 15.6. The molecule has 7 aromatic rings.